The number of imide groups is 1. The largest absolute Gasteiger partial charge is 0.342 e. The maximum atomic E-state index is 12.8. The van der Waals surface area contributed by atoms with Crippen LogP contribution in [0.2, 0.25) is 0 Å². The van der Waals surface area contributed by atoms with Crippen LogP contribution in [-0.2, 0) is 4.79 Å². The molecule has 4 rings (SSSR count). The van der Waals surface area contributed by atoms with Crippen LogP contribution in [0.1, 0.15) is 59.2 Å². The molecule has 0 saturated carbocycles. The average Bonchev–Trinajstić information content (AvgIpc) is 2.91. The number of nitrogens with one attached hydrogen (secondary N) is 1. The van der Waals surface area contributed by atoms with Crippen molar-refractivity contribution < 1.29 is 19.3 Å². The number of carbonyl (C=O) groups excluding carboxylic acids is 3. The second-order valence-corrected chi connectivity index (χ2v) is 8.01. The summed E-state index contributed by atoms with van der Waals surface area (Å²) in [7, 11) is 0. The number of hydrogen-bond donors (Lipinski definition) is 1. The molecule has 2 fully saturated rings. The molecule has 144 valence electrons. The topological polar surface area (TPSA) is 62.1 Å². The summed E-state index contributed by atoms with van der Waals surface area (Å²) < 4.78 is 0. The van der Waals surface area contributed by atoms with Crippen molar-refractivity contribution in [3.8, 4) is 0 Å². The highest BCUT2D eigenvalue weighted by Gasteiger charge is 2.39. The molecule has 6 heteroatoms. The summed E-state index contributed by atoms with van der Waals surface area (Å²) >= 11 is 0. The highest BCUT2D eigenvalue weighted by Crippen LogP contribution is 2.22. The van der Waals surface area contributed by atoms with E-state index in [4.69, 9.17) is 0 Å². The molecule has 27 heavy (non-hydrogen) atoms. The number of amides is 3. The predicted octanol–water partition coefficient (Wildman–Crippen LogP) is 0.938. The fraction of sp³-hybridized carbons (Fsp3) is 0.571. The lowest BCUT2D eigenvalue weighted by Crippen LogP contribution is -3.14. The second-order valence-electron chi connectivity index (χ2n) is 8.01. The third-order valence-corrected chi connectivity index (χ3v) is 6.22. The van der Waals surface area contributed by atoms with E-state index in [1.165, 1.54) is 22.6 Å². The van der Waals surface area contributed by atoms with Crippen molar-refractivity contribution >= 4 is 17.7 Å². The molecule has 3 heterocycles. The van der Waals surface area contributed by atoms with Crippen LogP contribution in [0.15, 0.2) is 24.3 Å². The van der Waals surface area contributed by atoms with Crippen LogP contribution in [0.4, 0.5) is 0 Å². The van der Waals surface area contributed by atoms with Crippen LogP contribution in [0, 0.1) is 5.92 Å². The quantitative estimate of drug-likeness (QED) is 0.806. The highest BCUT2D eigenvalue weighted by molar-refractivity contribution is 6.21. The number of nitrogens with zero attached hydrogens (tertiary/aromatic N) is 2. The van der Waals surface area contributed by atoms with Crippen LogP contribution in [-0.4, -0.2) is 60.4 Å². The Balaban J connectivity index is 1.32. The fourth-order valence-corrected chi connectivity index (χ4v) is 4.59. The van der Waals surface area contributed by atoms with Gasteiger partial charge >= 0.3 is 0 Å². The molecule has 0 spiro atoms. The maximum Gasteiger partial charge on any atom is 0.265 e. The molecule has 1 N–H and O–H groups in total. The summed E-state index contributed by atoms with van der Waals surface area (Å²) in [5, 5.41) is 0. The van der Waals surface area contributed by atoms with Crippen molar-refractivity contribution in [1.82, 2.24) is 9.80 Å². The Hall–Kier alpha value is -2.21. The molecule has 3 amide bonds. The SMILES string of the molecule is O=C(C1CC[NH+](CN2C(=O)c3ccccc3C2=O)CC1)N1CCCCCC1. The first kappa shape index (κ1) is 18.2. The van der Waals surface area contributed by atoms with Crippen molar-refractivity contribution in [3.05, 3.63) is 35.4 Å². The zero-order valence-electron chi connectivity index (χ0n) is 15.8. The number of fused-ring (bicyclic) bond motifs is 1. The summed E-state index contributed by atoms with van der Waals surface area (Å²) in [5.41, 5.74) is 1.02. The van der Waals surface area contributed by atoms with E-state index in [1.54, 1.807) is 24.3 Å². The van der Waals surface area contributed by atoms with Gasteiger partial charge in [-0.3, -0.25) is 14.4 Å². The highest BCUT2D eigenvalue weighted by atomic mass is 16.2. The molecule has 0 aromatic heterocycles. The Morgan fingerprint density at radius 2 is 1.48 bits per heavy atom. The Kier molecular flexibility index (Phi) is 5.25. The number of quaternary nitrogens is 1. The van der Waals surface area contributed by atoms with E-state index in [-0.39, 0.29) is 17.7 Å². The van der Waals surface area contributed by atoms with Gasteiger partial charge < -0.3 is 9.80 Å². The summed E-state index contributed by atoms with van der Waals surface area (Å²) in [6, 6.07) is 7.02. The first-order valence-corrected chi connectivity index (χ1v) is 10.2. The number of benzene rings is 1. The molecular weight excluding hydrogens is 342 g/mol. The van der Waals surface area contributed by atoms with Gasteiger partial charge in [-0.1, -0.05) is 25.0 Å². The average molecular weight is 370 g/mol. The molecule has 0 radical (unpaired) electrons. The van der Waals surface area contributed by atoms with Crippen LogP contribution < -0.4 is 4.90 Å². The van der Waals surface area contributed by atoms with E-state index < -0.39 is 0 Å². The molecular formula is C21H28N3O3+. The molecule has 0 aliphatic carbocycles. The lowest BCUT2D eigenvalue weighted by Gasteiger charge is -2.33. The fourth-order valence-electron chi connectivity index (χ4n) is 4.59. The molecule has 2 saturated heterocycles. The van der Waals surface area contributed by atoms with Gasteiger partial charge in [0.25, 0.3) is 11.8 Å². The molecule has 1 aromatic rings. The van der Waals surface area contributed by atoms with Gasteiger partial charge in [-0.15, -0.1) is 0 Å². The first-order valence-electron chi connectivity index (χ1n) is 10.2. The minimum absolute atomic E-state index is 0.106. The van der Waals surface area contributed by atoms with Crippen LogP contribution in [0.25, 0.3) is 0 Å². The van der Waals surface area contributed by atoms with E-state index in [1.807, 2.05) is 0 Å². The van der Waals surface area contributed by atoms with Gasteiger partial charge in [-0.25, -0.2) is 4.90 Å². The summed E-state index contributed by atoms with van der Waals surface area (Å²) in [4.78, 5) is 42.5. The van der Waals surface area contributed by atoms with Gasteiger partial charge in [-0.05, 0) is 25.0 Å². The molecule has 0 unspecified atom stereocenters. The Labute approximate surface area is 160 Å². The lowest BCUT2D eigenvalue weighted by atomic mass is 9.95. The van der Waals surface area contributed by atoms with E-state index >= 15 is 0 Å². The molecule has 1 aromatic carbocycles. The smallest absolute Gasteiger partial charge is 0.265 e. The second kappa shape index (κ2) is 7.80. The number of rotatable bonds is 3. The van der Waals surface area contributed by atoms with E-state index in [9.17, 15) is 14.4 Å². The van der Waals surface area contributed by atoms with Gasteiger partial charge in [-0.2, -0.15) is 0 Å². The van der Waals surface area contributed by atoms with E-state index in [2.05, 4.69) is 4.90 Å². The molecule has 6 nitrogen and oxygen atoms in total. The van der Waals surface area contributed by atoms with Gasteiger partial charge in [0.15, 0.2) is 6.67 Å². The minimum Gasteiger partial charge on any atom is -0.342 e. The lowest BCUT2D eigenvalue weighted by molar-refractivity contribution is -0.912. The zero-order chi connectivity index (χ0) is 18.8. The number of likely N-dealkylation sites (tertiary alicyclic amines) is 2. The van der Waals surface area contributed by atoms with Crippen LogP contribution in [0.3, 0.4) is 0 Å². The standard InChI is InChI=1S/C21H27N3O3/c25-19(23-11-5-1-2-6-12-23)16-9-13-22(14-10-16)15-24-20(26)17-7-3-4-8-18(17)21(24)27/h3-4,7-8,16H,1-2,5-6,9-15H2/p+1. The molecule has 0 atom stereocenters. The zero-order valence-corrected chi connectivity index (χ0v) is 15.8. The molecule has 3 aliphatic rings. The minimum atomic E-state index is -0.189. The van der Waals surface area contributed by atoms with Crippen molar-refractivity contribution in [2.75, 3.05) is 32.8 Å². The number of piperidine rings is 1. The van der Waals surface area contributed by atoms with Crippen molar-refractivity contribution in [3.63, 3.8) is 0 Å². The molecule has 0 bridgehead atoms. The normalized spacial score (nSPS) is 26.1. The van der Waals surface area contributed by atoms with Gasteiger partial charge in [0.1, 0.15) is 0 Å². The van der Waals surface area contributed by atoms with Crippen LogP contribution in [0.5, 0.6) is 0 Å². The summed E-state index contributed by atoms with van der Waals surface area (Å²) in [6.45, 7) is 3.87. The Bertz CT molecular complexity index is 697. The first-order chi connectivity index (χ1) is 13.1. The van der Waals surface area contributed by atoms with Gasteiger partial charge in [0.05, 0.1) is 24.2 Å². The van der Waals surface area contributed by atoms with Crippen molar-refractivity contribution in [2.45, 2.75) is 38.5 Å². The van der Waals surface area contributed by atoms with E-state index in [0.29, 0.717) is 23.7 Å². The number of carbonyl (C=O) groups is 3. The number of hydrogen-bond acceptors (Lipinski definition) is 3. The summed E-state index contributed by atoms with van der Waals surface area (Å²) in [5.74, 6) is 0.0439. The monoisotopic (exact) mass is 370 g/mol. The van der Waals surface area contributed by atoms with Crippen LogP contribution >= 0.6 is 0 Å². The Morgan fingerprint density at radius 1 is 0.926 bits per heavy atom. The third kappa shape index (κ3) is 3.63. The van der Waals surface area contributed by atoms with Crippen molar-refractivity contribution in [1.29, 1.82) is 0 Å². The predicted molar refractivity (Wildman–Crippen MR) is 100 cm³/mol. The van der Waals surface area contributed by atoms with Gasteiger partial charge in [0.2, 0.25) is 5.91 Å². The summed E-state index contributed by atoms with van der Waals surface area (Å²) in [6.07, 6.45) is 6.38. The molecule has 3 aliphatic heterocycles. The third-order valence-electron chi connectivity index (χ3n) is 6.22. The van der Waals surface area contributed by atoms with E-state index in [0.717, 1.165) is 51.9 Å². The maximum absolute atomic E-state index is 12.8. The van der Waals surface area contributed by atoms with Gasteiger partial charge in [0, 0.05) is 31.8 Å². The van der Waals surface area contributed by atoms with Crippen molar-refractivity contribution in [2.24, 2.45) is 5.92 Å². The Morgan fingerprint density at radius 3 is 2.04 bits per heavy atom.